The largest absolute Gasteiger partial charge is 0.480 e. The van der Waals surface area contributed by atoms with Gasteiger partial charge in [-0.3, -0.25) is 9.69 Å². The van der Waals surface area contributed by atoms with Gasteiger partial charge in [0, 0.05) is 25.0 Å². The van der Waals surface area contributed by atoms with Crippen molar-refractivity contribution in [3.05, 3.63) is 72.3 Å². The van der Waals surface area contributed by atoms with Crippen molar-refractivity contribution in [2.75, 3.05) is 26.2 Å². The molecule has 35 heavy (non-hydrogen) atoms. The van der Waals surface area contributed by atoms with Crippen molar-refractivity contribution in [3.63, 3.8) is 0 Å². The number of aliphatic carboxylic acids is 1. The number of fused-ring (bicyclic) bond motifs is 3. The Balaban J connectivity index is 1.22. The van der Waals surface area contributed by atoms with Crippen LogP contribution in [-0.2, 0) is 14.3 Å². The number of carbonyl (C=O) groups excluding carboxylic acids is 2. The van der Waals surface area contributed by atoms with Crippen LogP contribution < -0.4 is 10.6 Å². The Labute approximate surface area is 205 Å². The van der Waals surface area contributed by atoms with E-state index in [4.69, 9.17) is 9.84 Å². The van der Waals surface area contributed by atoms with Crippen molar-refractivity contribution < 1.29 is 24.2 Å². The minimum absolute atomic E-state index is 0.0178. The van der Waals surface area contributed by atoms with Gasteiger partial charge in [0.1, 0.15) is 12.6 Å². The SMILES string of the molecule is C=CCC(NC(=O)CN1CCC(NC(=O)OCC2c3ccccc3-c3ccccc32)CC1)C(=O)O. The van der Waals surface area contributed by atoms with Crippen LogP contribution in [0.15, 0.2) is 61.2 Å². The molecule has 0 spiro atoms. The van der Waals surface area contributed by atoms with E-state index in [1.165, 1.54) is 28.3 Å². The molecule has 1 heterocycles. The van der Waals surface area contributed by atoms with Gasteiger partial charge >= 0.3 is 12.1 Å². The number of rotatable bonds is 9. The van der Waals surface area contributed by atoms with Crippen LogP contribution in [-0.4, -0.2) is 66.3 Å². The average molecular weight is 478 g/mol. The molecule has 184 valence electrons. The van der Waals surface area contributed by atoms with Gasteiger partial charge in [-0.1, -0.05) is 54.6 Å². The number of nitrogens with one attached hydrogen (secondary N) is 2. The second-order valence-electron chi connectivity index (χ2n) is 9.00. The Morgan fingerprint density at radius 1 is 1.06 bits per heavy atom. The number of carboxylic acid groups (broad SMARTS) is 1. The molecule has 0 radical (unpaired) electrons. The molecule has 1 saturated heterocycles. The quantitative estimate of drug-likeness (QED) is 0.479. The Bertz CT molecular complexity index is 1050. The molecule has 8 heteroatoms. The second kappa shape index (κ2) is 11.2. The standard InChI is InChI=1S/C27H31N3O5/c1-2-7-24(26(32)33)29-25(31)16-30-14-12-18(13-15-30)28-27(34)35-17-23-21-10-5-3-8-19(21)20-9-4-6-11-22(20)23/h2-6,8-11,18,23-24H,1,7,12-17H2,(H,28,34)(H,29,31)(H,32,33). The van der Waals surface area contributed by atoms with E-state index >= 15 is 0 Å². The zero-order valence-electron chi connectivity index (χ0n) is 19.6. The fraction of sp³-hybridized carbons (Fsp3) is 0.370. The molecule has 3 N–H and O–H groups in total. The molecule has 2 aliphatic rings. The second-order valence-corrected chi connectivity index (χ2v) is 9.00. The summed E-state index contributed by atoms with van der Waals surface area (Å²) in [5, 5.41) is 14.6. The number of amides is 2. The van der Waals surface area contributed by atoms with Crippen LogP contribution in [0.5, 0.6) is 0 Å². The van der Waals surface area contributed by atoms with Gasteiger partial charge in [-0.05, 0) is 41.5 Å². The van der Waals surface area contributed by atoms with E-state index in [2.05, 4.69) is 41.5 Å². The highest BCUT2D eigenvalue weighted by molar-refractivity contribution is 5.84. The van der Waals surface area contributed by atoms with Gasteiger partial charge in [0.05, 0.1) is 6.54 Å². The van der Waals surface area contributed by atoms with Crippen molar-refractivity contribution >= 4 is 18.0 Å². The van der Waals surface area contributed by atoms with Gasteiger partial charge in [-0.2, -0.15) is 0 Å². The maximum absolute atomic E-state index is 12.5. The number of likely N-dealkylation sites (tertiary alicyclic amines) is 1. The van der Waals surface area contributed by atoms with Crippen LogP contribution >= 0.6 is 0 Å². The molecule has 1 atom stereocenters. The van der Waals surface area contributed by atoms with Crippen molar-refractivity contribution in [1.29, 1.82) is 0 Å². The molecule has 2 aromatic carbocycles. The van der Waals surface area contributed by atoms with Crippen LogP contribution in [0.1, 0.15) is 36.3 Å². The highest BCUT2D eigenvalue weighted by Crippen LogP contribution is 2.44. The Kier molecular flexibility index (Phi) is 7.82. The van der Waals surface area contributed by atoms with E-state index in [1.54, 1.807) is 0 Å². The molecule has 1 fully saturated rings. The third-order valence-electron chi connectivity index (χ3n) is 6.66. The molecule has 1 unspecified atom stereocenters. The topological polar surface area (TPSA) is 108 Å². The lowest BCUT2D eigenvalue weighted by Crippen LogP contribution is -2.49. The highest BCUT2D eigenvalue weighted by atomic mass is 16.5. The average Bonchev–Trinajstić information content (AvgIpc) is 3.17. The number of carbonyl (C=O) groups is 3. The molecule has 0 bridgehead atoms. The highest BCUT2D eigenvalue weighted by Gasteiger charge is 2.30. The van der Waals surface area contributed by atoms with E-state index in [-0.39, 0.29) is 37.4 Å². The summed E-state index contributed by atoms with van der Waals surface area (Å²) in [4.78, 5) is 37.9. The summed E-state index contributed by atoms with van der Waals surface area (Å²) in [5.41, 5.74) is 4.72. The summed E-state index contributed by atoms with van der Waals surface area (Å²) in [6.07, 6.45) is 2.59. The number of piperidine rings is 1. The third kappa shape index (κ3) is 5.89. The molecule has 0 aromatic heterocycles. The molecule has 2 amide bonds. The number of ether oxygens (including phenoxy) is 1. The van der Waals surface area contributed by atoms with E-state index in [0.29, 0.717) is 25.9 Å². The minimum Gasteiger partial charge on any atom is -0.480 e. The molecular formula is C27H31N3O5. The maximum atomic E-state index is 12.5. The summed E-state index contributed by atoms with van der Waals surface area (Å²) in [5.74, 6) is -1.39. The molecule has 1 aliphatic heterocycles. The number of benzene rings is 2. The minimum atomic E-state index is -1.08. The lowest BCUT2D eigenvalue weighted by Gasteiger charge is -2.32. The van der Waals surface area contributed by atoms with Gasteiger partial charge < -0.3 is 20.5 Å². The third-order valence-corrected chi connectivity index (χ3v) is 6.66. The van der Waals surface area contributed by atoms with Crippen molar-refractivity contribution in [2.45, 2.75) is 37.3 Å². The fourth-order valence-electron chi connectivity index (χ4n) is 4.87. The molecule has 4 rings (SSSR count). The Morgan fingerprint density at radius 2 is 1.66 bits per heavy atom. The van der Waals surface area contributed by atoms with Gasteiger partial charge in [-0.25, -0.2) is 9.59 Å². The summed E-state index contributed by atoms with van der Waals surface area (Å²) in [6.45, 7) is 5.17. The van der Waals surface area contributed by atoms with Crippen LogP contribution in [0, 0.1) is 0 Å². The van der Waals surface area contributed by atoms with Gasteiger partial charge in [-0.15, -0.1) is 6.58 Å². The Morgan fingerprint density at radius 3 is 2.23 bits per heavy atom. The monoisotopic (exact) mass is 477 g/mol. The van der Waals surface area contributed by atoms with Crippen LogP contribution in [0.3, 0.4) is 0 Å². The van der Waals surface area contributed by atoms with Crippen LogP contribution in [0.2, 0.25) is 0 Å². The summed E-state index contributed by atoms with van der Waals surface area (Å²) in [6, 6.07) is 15.4. The first kappa shape index (κ1) is 24.5. The van der Waals surface area contributed by atoms with Crippen LogP contribution in [0.25, 0.3) is 11.1 Å². The van der Waals surface area contributed by atoms with Crippen LogP contribution in [0.4, 0.5) is 4.79 Å². The van der Waals surface area contributed by atoms with E-state index in [1.807, 2.05) is 29.2 Å². The van der Waals surface area contributed by atoms with Gasteiger partial charge in [0.15, 0.2) is 0 Å². The summed E-state index contributed by atoms with van der Waals surface area (Å²) in [7, 11) is 0. The number of hydrogen-bond acceptors (Lipinski definition) is 5. The normalized spacial score (nSPS) is 16.6. The smallest absolute Gasteiger partial charge is 0.407 e. The first-order valence-corrected chi connectivity index (χ1v) is 11.9. The first-order valence-electron chi connectivity index (χ1n) is 11.9. The van der Waals surface area contributed by atoms with E-state index < -0.39 is 18.1 Å². The van der Waals surface area contributed by atoms with Gasteiger partial charge in [0.25, 0.3) is 0 Å². The number of hydrogen-bond donors (Lipinski definition) is 3. The molecular weight excluding hydrogens is 446 g/mol. The van der Waals surface area contributed by atoms with Crippen molar-refractivity contribution in [1.82, 2.24) is 15.5 Å². The number of nitrogens with zero attached hydrogens (tertiary/aromatic N) is 1. The first-order chi connectivity index (χ1) is 17.0. The number of alkyl carbamates (subject to hydrolysis) is 1. The summed E-state index contributed by atoms with van der Waals surface area (Å²) < 4.78 is 5.63. The predicted molar refractivity (Wildman–Crippen MR) is 132 cm³/mol. The number of carboxylic acids is 1. The molecule has 2 aromatic rings. The lowest BCUT2D eigenvalue weighted by molar-refractivity contribution is -0.141. The fourth-order valence-corrected chi connectivity index (χ4v) is 4.87. The van der Waals surface area contributed by atoms with Gasteiger partial charge in [0.2, 0.25) is 5.91 Å². The zero-order chi connectivity index (χ0) is 24.8. The maximum Gasteiger partial charge on any atom is 0.407 e. The van der Waals surface area contributed by atoms with Crippen molar-refractivity contribution in [3.8, 4) is 11.1 Å². The lowest BCUT2D eigenvalue weighted by atomic mass is 9.98. The zero-order valence-corrected chi connectivity index (χ0v) is 19.6. The predicted octanol–water partition coefficient (Wildman–Crippen LogP) is 3.14. The molecule has 0 saturated carbocycles. The van der Waals surface area contributed by atoms with E-state index in [9.17, 15) is 14.4 Å². The van der Waals surface area contributed by atoms with Crippen molar-refractivity contribution in [2.24, 2.45) is 0 Å². The summed E-state index contributed by atoms with van der Waals surface area (Å²) >= 11 is 0. The Hall–Kier alpha value is -3.65. The molecule has 1 aliphatic carbocycles. The van der Waals surface area contributed by atoms with E-state index in [0.717, 1.165) is 0 Å². The molecule has 8 nitrogen and oxygen atoms in total.